The van der Waals surface area contributed by atoms with E-state index in [9.17, 15) is 9.18 Å². The zero-order chi connectivity index (χ0) is 17.4. The van der Waals surface area contributed by atoms with Crippen LogP contribution >= 0.6 is 0 Å². The monoisotopic (exact) mass is 340 g/mol. The van der Waals surface area contributed by atoms with Crippen LogP contribution in [0.15, 0.2) is 36.8 Å². The van der Waals surface area contributed by atoms with Crippen molar-refractivity contribution in [1.82, 2.24) is 24.6 Å². The summed E-state index contributed by atoms with van der Waals surface area (Å²) in [6.45, 7) is 4.33. The van der Waals surface area contributed by atoms with Gasteiger partial charge in [0.1, 0.15) is 18.0 Å². The van der Waals surface area contributed by atoms with Crippen molar-refractivity contribution in [3.05, 3.63) is 42.6 Å². The van der Waals surface area contributed by atoms with Crippen LogP contribution in [-0.2, 0) is 4.79 Å². The van der Waals surface area contributed by atoms with Gasteiger partial charge in [-0.25, -0.2) is 19.0 Å². The highest BCUT2D eigenvalue weighted by Crippen LogP contribution is 2.25. The first-order chi connectivity index (χ1) is 12.1. The molecule has 1 amide bonds. The van der Waals surface area contributed by atoms with Gasteiger partial charge in [0.05, 0.1) is 17.3 Å². The summed E-state index contributed by atoms with van der Waals surface area (Å²) in [5, 5.41) is 5.17. The number of piperazine rings is 1. The lowest BCUT2D eigenvalue weighted by Crippen LogP contribution is -2.48. The average molecular weight is 340 g/mol. The van der Waals surface area contributed by atoms with Crippen molar-refractivity contribution in [2.45, 2.75) is 6.92 Å². The lowest BCUT2D eigenvalue weighted by atomic mass is 10.2. The van der Waals surface area contributed by atoms with Crippen LogP contribution in [0.3, 0.4) is 0 Å². The highest BCUT2D eigenvalue weighted by Gasteiger charge is 2.22. The lowest BCUT2D eigenvalue weighted by Gasteiger charge is -2.35. The molecule has 0 spiro atoms. The van der Waals surface area contributed by atoms with E-state index in [0.717, 1.165) is 11.2 Å². The molecule has 128 valence electrons. The first-order valence-electron chi connectivity index (χ1n) is 8.08. The van der Waals surface area contributed by atoms with Crippen LogP contribution in [0.4, 0.5) is 10.2 Å². The van der Waals surface area contributed by atoms with E-state index in [1.165, 1.54) is 18.5 Å². The molecule has 3 heterocycles. The smallest absolute Gasteiger partial charge is 0.219 e. The Bertz CT molecular complexity index is 932. The topological polar surface area (TPSA) is 67.2 Å². The molecule has 0 radical (unpaired) electrons. The third-order valence-corrected chi connectivity index (χ3v) is 4.42. The van der Waals surface area contributed by atoms with Crippen molar-refractivity contribution in [1.29, 1.82) is 0 Å². The molecular weight excluding hydrogens is 323 g/mol. The van der Waals surface area contributed by atoms with Crippen LogP contribution in [0, 0.1) is 5.82 Å². The first kappa shape index (κ1) is 15.5. The van der Waals surface area contributed by atoms with Gasteiger partial charge >= 0.3 is 0 Å². The van der Waals surface area contributed by atoms with Gasteiger partial charge in [0, 0.05) is 33.1 Å². The molecule has 0 aliphatic carbocycles. The van der Waals surface area contributed by atoms with Gasteiger partial charge in [0.25, 0.3) is 0 Å². The molecule has 0 bridgehead atoms. The summed E-state index contributed by atoms with van der Waals surface area (Å²) >= 11 is 0. The number of rotatable bonds is 2. The molecule has 1 aromatic carbocycles. The van der Waals surface area contributed by atoms with Crippen LogP contribution in [0.2, 0.25) is 0 Å². The fraction of sp³-hybridized carbons (Fsp3) is 0.294. The van der Waals surface area contributed by atoms with Crippen molar-refractivity contribution >= 4 is 22.8 Å². The second-order valence-electron chi connectivity index (χ2n) is 5.96. The Morgan fingerprint density at radius 2 is 1.96 bits per heavy atom. The number of carbonyl (C=O) groups is 1. The van der Waals surface area contributed by atoms with Gasteiger partial charge in [-0.15, -0.1) is 0 Å². The molecule has 2 aromatic heterocycles. The molecule has 1 fully saturated rings. The molecule has 1 saturated heterocycles. The Morgan fingerprint density at radius 1 is 1.16 bits per heavy atom. The number of carbonyl (C=O) groups excluding carboxylic acids is 1. The van der Waals surface area contributed by atoms with Gasteiger partial charge < -0.3 is 9.80 Å². The van der Waals surface area contributed by atoms with E-state index in [-0.39, 0.29) is 11.7 Å². The predicted octanol–water partition coefficient (Wildman–Crippen LogP) is 1.62. The third-order valence-electron chi connectivity index (χ3n) is 4.42. The van der Waals surface area contributed by atoms with Crippen molar-refractivity contribution in [2.75, 3.05) is 31.1 Å². The van der Waals surface area contributed by atoms with Crippen LogP contribution in [0.1, 0.15) is 6.92 Å². The molecule has 25 heavy (non-hydrogen) atoms. The number of hydrogen-bond acceptors (Lipinski definition) is 5. The van der Waals surface area contributed by atoms with E-state index in [0.29, 0.717) is 37.5 Å². The molecule has 0 atom stereocenters. The number of anilines is 1. The van der Waals surface area contributed by atoms with E-state index in [2.05, 4.69) is 20.0 Å². The SMILES string of the molecule is CC(=O)N1CCN(c2ncnc3c2cnn3-c2cccc(F)c2)CC1. The summed E-state index contributed by atoms with van der Waals surface area (Å²) in [4.78, 5) is 24.2. The molecule has 8 heteroatoms. The van der Waals surface area contributed by atoms with Gasteiger partial charge in [0.15, 0.2) is 5.65 Å². The number of aromatic nitrogens is 4. The standard InChI is InChI=1S/C17H17FN6O/c1-12(25)22-5-7-23(8-6-22)16-15-10-21-24(17(15)20-11-19-16)14-4-2-3-13(18)9-14/h2-4,9-11H,5-8H2,1H3. The summed E-state index contributed by atoms with van der Waals surface area (Å²) in [6.07, 6.45) is 3.19. The van der Waals surface area contributed by atoms with Crippen molar-refractivity contribution in [3.8, 4) is 5.69 Å². The number of benzene rings is 1. The van der Waals surface area contributed by atoms with Gasteiger partial charge in [-0.3, -0.25) is 4.79 Å². The fourth-order valence-corrected chi connectivity index (χ4v) is 3.11. The highest BCUT2D eigenvalue weighted by molar-refractivity contribution is 5.87. The van der Waals surface area contributed by atoms with Gasteiger partial charge in [-0.1, -0.05) is 6.07 Å². The van der Waals surface area contributed by atoms with Gasteiger partial charge in [-0.2, -0.15) is 5.10 Å². The van der Waals surface area contributed by atoms with Crippen LogP contribution in [0.25, 0.3) is 16.7 Å². The molecular formula is C17H17FN6O. The van der Waals surface area contributed by atoms with Crippen LogP contribution in [0.5, 0.6) is 0 Å². The quantitative estimate of drug-likeness (QED) is 0.709. The minimum Gasteiger partial charge on any atom is -0.352 e. The summed E-state index contributed by atoms with van der Waals surface area (Å²) in [5.41, 5.74) is 1.24. The number of hydrogen-bond donors (Lipinski definition) is 0. The molecule has 0 unspecified atom stereocenters. The molecule has 0 N–H and O–H groups in total. The predicted molar refractivity (Wildman–Crippen MR) is 91.1 cm³/mol. The van der Waals surface area contributed by atoms with Crippen molar-refractivity contribution in [3.63, 3.8) is 0 Å². The maximum Gasteiger partial charge on any atom is 0.219 e. The number of amides is 1. The minimum atomic E-state index is -0.323. The molecule has 3 aromatic rings. The maximum atomic E-state index is 13.5. The first-order valence-corrected chi connectivity index (χ1v) is 8.08. The normalized spacial score (nSPS) is 15.0. The lowest BCUT2D eigenvalue weighted by molar-refractivity contribution is -0.129. The van der Waals surface area contributed by atoms with Crippen LogP contribution < -0.4 is 4.90 Å². The zero-order valence-corrected chi connectivity index (χ0v) is 13.8. The van der Waals surface area contributed by atoms with Crippen molar-refractivity contribution < 1.29 is 9.18 Å². The minimum absolute atomic E-state index is 0.0893. The molecule has 7 nitrogen and oxygen atoms in total. The van der Waals surface area contributed by atoms with E-state index in [1.54, 1.807) is 29.9 Å². The summed E-state index contributed by atoms with van der Waals surface area (Å²) in [7, 11) is 0. The van der Waals surface area contributed by atoms with Crippen molar-refractivity contribution in [2.24, 2.45) is 0 Å². The Hall–Kier alpha value is -3.03. The third kappa shape index (κ3) is 2.79. The van der Waals surface area contributed by atoms with E-state index in [1.807, 2.05) is 4.90 Å². The Kier molecular flexibility index (Phi) is 3.79. The van der Waals surface area contributed by atoms with Crippen LogP contribution in [-0.4, -0.2) is 56.7 Å². The molecule has 4 rings (SSSR count). The Balaban J connectivity index is 1.69. The number of nitrogens with zero attached hydrogens (tertiary/aromatic N) is 6. The summed E-state index contributed by atoms with van der Waals surface area (Å²) in [5.74, 6) is 0.554. The second-order valence-corrected chi connectivity index (χ2v) is 5.96. The summed E-state index contributed by atoms with van der Waals surface area (Å²) < 4.78 is 15.1. The highest BCUT2D eigenvalue weighted by atomic mass is 19.1. The van der Waals surface area contributed by atoms with E-state index >= 15 is 0 Å². The van der Waals surface area contributed by atoms with Gasteiger partial charge in [0.2, 0.25) is 5.91 Å². The molecule has 0 saturated carbocycles. The molecule has 1 aliphatic heterocycles. The second kappa shape index (κ2) is 6.12. The largest absolute Gasteiger partial charge is 0.352 e. The number of fused-ring (bicyclic) bond motifs is 1. The fourth-order valence-electron chi connectivity index (χ4n) is 3.11. The van der Waals surface area contributed by atoms with Gasteiger partial charge in [-0.05, 0) is 18.2 Å². The average Bonchev–Trinajstić information content (AvgIpc) is 3.06. The Morgan fingerprint density at radius 3 is 2.68 bits per heavy atom. The maximum absolute atomic E-state index is 13.5. The Labute approximate surface area is 143 Å². The van der Waals surface area contributed by atoms with E-state index in [4.69, 9.17) is 0 Å². The summed E-state index contributed by atoms with van der Waals surface area (Å²) in [6, 6.07) is 6.23. The molecule has 1 aliphatic rings. The zero-order valence-electron chi connectivity index (χ0n) is 13.8. The van der Waals surface area contributed by atoms with E-state index < -0.39 is 0 Å². The number of halogens is 1.